The van der Waals surface area contributed by atoms with Gasteiger partial charge in [-0.25, -0.2) is 4.98 Å². The van der Waals surface area contributed by atoms with Crippen molar-refractivity contribution in [2.24, 2.45) is 5.16 Å². The van der Waals surface area contributed by atoms with E-state index in [1.807, 2.05) is 84.9 Å². The van der Waals surface area contributed by atoms with Crippen LogP contribution in [0.5, 0.6) is 5.75 Å². The Hall–Kier alpha value is -4.19. The van der Waals surface area contributed by atoms with Crippen LogP contribution in [0.25, 0.3) is 10.9 Å². The van der Waals surface area contributed by atoms with E-state index in [0.29, 0.717) is 25.3 Å². The van der Waals surface area contributed by atoms with Crippen molar-refractivity contribution in [2.45, 2.75) is 26.1 Å². The molecular weight excluding hydrogens is 428 g/mol. The third kappa shape index (κ3) is 6.42. The molecule has 4 rings (SSSR count). The number of benzene rings is 3. The van der Waals surface area contributed by atoms with Crippen molar-refractivity contribution in [3.05, 3.63) is 108 Å². The lowest BCUT2D eigenvalue weighted by atomic mass is 10.1. The van der Waals surface area contributed by atoms with E-state index < -0.39 is 0 Å². The fourth-order valence-electron chi connectivity index (χ4n) is 3.41. The van der Waals surface area contributed by atoms with Gasteiger partial charge in [0, 0.05) is 11.8 Å². The second kappa shape index (κ2) is 11.6. The quantitative estimate of drug-likeness (QED) is 0.175. The van der Waals surface area contributed by atoms with E-state index in [-0.39, 0.29) is 12.4 Å². The molecule has 4 aromatic rings. The number of ether oxygens (including phenoxy) is 2. The number of oxime groups is 1. The summed E-state index contributed by atoms with van der Waals surface area (Å²) in [6.07, 6.45) is 0.679. The first kappa shape index (κ1) is 23.0. The lowest BCUT2D eigenvalue weighted by Gasteiger charge is -2.09. The maximum Gasteiger partial charge on any atom is 0.305 e. The van der Waals surface area contributed by atoms with Gasteiger partial charge in [-0.1, -0.05) is 71.9 Å². The summed E-state index contributed by atoms with van der Waals surface area (Å²) in [5.41, 5.74) is 4.41. The van der Waals surface area contributed by atoms with Crippen molar-refractivity contribution in [2.75, 3.05) is 7.11 Å². The van der Waals surface area contributed by atoms with E-state index in [0.717, 1.165) is 33.5 Å². The predicted octanol–water partition coefficient (Wildman–Crippen LogP) is 5.69. The maximum absolute atomic E-state index is 11.5. The molecule has 0 atom stereocenters. The van der Waals surface area contributed by atoms with Gasteiger partial charge in [-0.05, 0) is 35.4 Å². The summed E-state index contributed by atoms with van der Waals surface area (Å²) >= 11 is 0. The van der Waals surface area contributed by atoms with Crippen LogP contribution >= 0.6 is 0 Å². The summed E-state index contributed by atoms with van der Waals surface area (Å²) < 4.78 is 10.6. The molecule has 0 aliphatic carbocycles. The highest BCUT2D eigenvalue weighted by atomic mass is 16.6. The minimum absolute atomic E-state index is 0.242. The molecule has 0 saturated heterocycles. The van der Waals surface area contributed by atoms with Gasteiger partial charge in [-0.2, -0.15) is 0 Å². The molecule has 0 spiro atoms. The average Bonchev–Trinajstić information content (AvgIpc) is 2.90. The number of carbonyl (C=O) groups is 1. The third-order valence-electron chi connectivity index (χ3n) is 5.27. The van der Waals surface area contributed by atoms with Gasteiger partial charge < -0.3 is 14.3 Å². The second-order valence-corrected chi connectivity index (χ2v) is 7.68. The molecule has 0 amide bonds. The Bertz CT molecular complexity index is 1250. The number of pyridine rings is 1. The van der Waals surface area contributed by atoms with Gasteiger partial charge in [0.25, 0.3) is 0 Å². The molecule has 0 aliphatic heterocycles. The van der Waals surface area contributed by atoms with Crippen LogP contribution in [0.2, 0.25) is 0 Å². The van der Waals surface area contributed by atoms with Crippen LogP contribution in [-0.2, 0) is 27.6 Å². The van der Waals surface area contributed by atoms with Crippen LogP contribution in [0.15, 0.2) is 96.2 Å². The molecule has 0 bridgehead atoms. The highest BCUT2D eigenvalue weighted by molar-refractivity contribution is 6.01. The van der Waals surface area contributed by atoms with Gasteiger partial charge in [-0.3, -0.25) is 4.79 Å². The van der Waals surface area contributed by atoms with Crippen molar-refractivity contribution in [3.8, 4) is 5.75 Å². The third-order valence-corrected chi connectivity index (χ3v) is 5.27. The number of fused-ring (bicyclic) bond motifs is 1. The molecule has 0 N–H and O–H groups in total. The van der Waals surface area contributed by atoms with Crippen LogP contribution in [0, 0.1) is 0 Å². The molecule has 6 heteroatoms. The first-order chi connectivity index (χ1) is 16.7. The second-order valence-electron chi connectivity index (χ2n) is 7.68. The van der Waals surface area contributed by atoms with Crippen molar-refractivity contribution in [1.29, 1.82) is 0 Å². The number of carbonyl (C=O) groups excluding carboxylic acids is 1. The fraction of sp³-hybridized carbons (Fsp3) is 0.179. The Morgan fingerprint density at radius 2 is 1.59 bits per heavy atom. The van der Waals surface area contributed by atoms with Gasteiger partial charge in [-0.15, -0.1) is 0 Å². The number of methoxy groups -OCH3 is 1. The van der Waals surface area contributed by atoms with Crippen LogP contribution in [0.3, 0.4) is 0 Å². The molecule has 3 aromatic carbocycles. The summed E-state index contributed by atoms with van der Waals surface area (Å²) in [5, 5.41) is 5.40. The number of para-hydroxylation sites is 1. The summed E-state index contributed by atoms with van der Waals surface area (Å²) in [4.78, 5) is 21.8. The number of esters is 1. The Kier molecular flexibility index (Phi) is 7.85. The van der Waals surface area contributed by atoms with Crippen LogP contribution < -0.4 is 4.74 Å². The summed E-state index contributed by atoms with van der Waals surface area (Å²) in [5.74, 6) is 0.475. The zero-order valence-corrected chi connectivity index (χ0v) is 19.0. The zero-order valence-electron chi connectivity index (χ0n) is 19.0. The van der Waals surface area contributed by atoms with Crippen molar-refractivity contribution < 1.29 is 19.1 Å². The van der Waals surface area contributed by atoms with E-state index >= 15 is 0 Å². The first-order valence-corrected chi connectivity index (χ1v) is 11.1. The van der Waals surface area contributed by atoms with Crippen molar-refractivity contribution >= 4 is 22.6 Å². The highest BCUT2D eigenvalue weighted by Crippen LogP contribution is 2.17. The maximum atomic E-state index is 11.5. The monoisotopic (exact) mass is 454 g/mol. The number of rotatable bonds is 10. The predicted molar refractivity (Wildman–Crippen MR) is 132 cm³/mol. The molecule has 1 heterocycles. The molecule has 0 unspecified atom stereocenters. The lowest BCUT2D eigenvalue weighted by molar-refractivity contribution is -0.140. The Morgan fingerprint density at radius 3 is 2.38 bits per heavy atom. The Labute approximate surface area is 198 Å². The van der Waals surface area contributed by atoms with Crippen LogP contribution in [-0.4, -0.2) is 23.8 Å². The number of aromatic nitrogens is 1. The number of hydrogen-bond acceptors (Lipinski definition) is 6. The lowest BCUT2D eigenvalue weighted by Crippen LogP contribution is -2.08. The molecule has 0 aliphatic rings. The van der Waals surface area contributed by atoms with Gasteiger partial charge in [0.05, 0.1) is 30.5 Å². The smallest absolute Gasteiger partial charge is 0.305 e. The van der Waals surface area contributed by atoms with Crippen LogP contribution in [0.1, 0.15) is 29.7 Å². The van der Waals surface area contributed by atoms with E-state index in [9.17, 15) is 4.79 Å². The highest BCUT2D eigenvalue weighted by Gasteiger charge is 2.09. The summed E-state index contributed by atoms with van der Waals surface area (Å²) in [6.45, 7) is 0.701. The van der Waals surface area contributed by atoms with Crippen molar-refractivity contribution in [3.63, 3.8) is 0 Å². The molecular formula is C28H26N2O4. The molecule has 0 saturated carbocycles. The van der Waals surface area contributed by atoms with E-state index in [1.54, 1.807) is 0 Å². The van der Waals surface area contributed by atoms with E-state index in [4.69, 9.17) is 14.3 Å². The number of nitrogens with zero attached hydrogens (tertiary/aromatic N) is 2. The van der Waals surface area contributed by atoms with Gasteiger partial charge >= 0.3 is 5.97 Å². The van der Waals surface area contributed by atoms with E-state index in [2.05, 4.69) is 16.2 Å². The molecule has 0 fully saturated rings. The Morgan fingerprint density at radius 1 is 0.824 bits per heavy atom. The van der Waals surface area contributed by atoms with Gasteiger partial charge in [0.2, 0.25) is 0 Å². The zero-order chi connectivity index (χ0) is 23.6. The summed E-state index contributed by atoms with van der Waals surface area (Å²) in [7, 11) is 1.38. The minimum atomic E-state index is -0.280. The molecule has 6 nitrogen and oxygen atoms in total. The standard InChI is InChI=1S/C28H26N2O4/c1-32-28(31)18-17-27(22-7-3-2-4-8-22)30-34-19-21-11-15-25(16-12-21)33-20-24-14-13-23-9-5-6-10-26(23)29-24/h2-16H,17-20H2,1H3/b30-27+. The van der Waals surface area contributed by atoms with E-state index in [1.165, 1.54) is 7.11 Å². The Balaban J connectivity index is 1.32. The van der Waals surface area contributed by atoms with Crippen molar-refractivity contribution in [1.82, 2.24) is 4.98 Å². The van der Waals surface area contributed by atoms with Gasteiger partial charge in [0.1, 0.15) is 19.0 Å². The van der Waals surface area contributed by atoms with Gasteiger partial charge in [0.15, 0.2) is 0 Å². The molecule has 172 valence electrons. The topological polar surface area (TPSA) is 70.0 Å². The average molecular weight is 455 g/mol. The minimum Gasteiger partial charge on any atom is -0.487 e. The normalized spacial score (nSPS) is 11.3. The SMILES string of the molecule is COC(=O)CC/C(=N\OCc1ccc(OCc2ccc3ccccc3n2)cc1)c1ccccc1. The van der Waals surface area contributed by atoms with Crippen LogP contribution in [0.4, 0.5) is 0 Å². The fourth-order valence-corrected chi connectivity index (χ4v) is 3.41. The summed E-state index contributed by atoms with van der Waals surface area (Å²) in [6, 6.07) is 29.4. The first-order valence-electron chi connectivity index (χ1n) is 11.1. The number of hydrogen-bond donors (Lipinski definition) is 0. The molecule has 0 radical (unpaired) electrons. The molecule has 34 heavy (non-hydrogen) atoms. The molecule has 1 aromatic heterocycles. The largest absolute Gasteiger partial charge is 0.487 e.